The lowest BCUT2D eigenvalue weighted by molar-refractivity contribution is -0.133. The minimum absolute atomic E-state index is 0.0819. The molecule has 0 aliphatic heterocycles. The standard InChI is InChI=1S/C34H55N9O8S3/c1-8-34(53-19-23(36)44,43-26(47)17-38-25(46)16-39-28(49)22(40-24(45)15-35)18-52-32(2,3)4)31(51)42-30(54-33(5,6)7)29(50)41-21(27(37)48)14-20-12-10-9-11-13-20/h9-13,21-22,30H,8,14-19,35H2,1-7H3,(H2,36,44)(H2,37,48)(H,38,46)(H,39,49)(H,40,45)(H,41,50)(H,42,51)(H,43,47)/t21-,22?,30?,34?/m0/s1. The summed E-state index contributed by atoms with van der Waals surface area (Å²) < 4.78 is -0.803. The van der Waals surface area contributed by atoms with Crippen molar-refractivity contribution < 1.29 is 38.4 Å². The molecule has 0 bridgehead atoms. The number of nitrogens with two attached hydrogens (primary N) is 3. The fourth-order valence-electron chi connectivity index (χ4n) is 4.33. The van der Waals surface area contributed by atoms with Crippen LogP contribution in [0.5, 0.6) is 0 Å². The molecule has 0 aliphatic carbocycles. The number of nitrogens with one attached hydrogen (secondary N) is 6. The minimum Gasteiger partial charge on any atom is -0.369 e. The molecule has 0 aromatic heterocycles. The van der Waals surface area contributed by atoms with E-state index in [-0.39, 0.29) is 35.6 Å². The summed E-state index contributed by atoms with van der Waals surface area (Å²) >= 11 is 3.21. The van der Waals surface area contributed by atoms with Gasteiger partial charge in [0.1, 0.15) is 12.1 Å². The van der Waals surface area contributed by atoms with E-state index in [2.05, 4.69) is 31.9 Å². The largest absolute Gasteiger partial charge is 0.369 e. The first-order chi connectivity index (χ1) is 25.0. The van der Waals surface area contributed by atoms with E-state index in [1.165, 1.54) is 11.8 Å². The Morgan fingerprint density at radius 2 is 1.33 bits per heavy atom. The predicted molar refractivity (Wildman–Crippen MR) is 213 cm³/mol. The van der Waals surface area contributed by atoms with Crippen LogP contribution in [-0.4, -0.2) is 110 Å². The maximum atomic E-state index is 14.0. The molecule has 0 saturated carbocycles. The zero-order chi connectivity index (χ0) is 41.3. The zero-order valence-corrected chi connectivity index (χ0v) is 34.2. The second-order valence-corrected chi connectivity index (χ2v) is 19.0. The maximum Gasteiger partial charge on any atom is 0.257 e. The van der Waals surface area contributed by atoms with Gasteiger partial charge < -0.3 is 49.1 Å². The van der Waals surface area contributed by atoms with Gasteiger partial charge in [-0.15, -0.1) is 23.5 Å². The van der Waals surface area contributed by atoms with Crippen LogP contribution in [0.1, 0.15) is 60.5 Å². The first-order valence-corrected chi connectivity index (χ1v) is 19.9. The molecule has 17 nitrogen and oxygen atoms in total. The van der Waals surface area contributed by atoms with Gasteiger partial charge in [0, 0.05) is 21.7 Å². The van der Waals surface area contributed by atoms with E-state index < -0.39 is 87.4 Å². The molecule has 8 amide bonds. The van der Waals surface area contributed by atoms with Crippen LogP contribution < -0.4 is 49.1 Å². The smallest absolute Gasteiger partial charge is 0.257 e. The molecule has 12 N–H and O–H groups in total. The summed E-state index contributed by atoms with van der Waals surface area (Å²) in [7, 11) is 0. The molecule has 1 aromatic carbocycles. The third-order valence-electron chi connectivity index (χ3n) is 6.97. The number of carbonyl (C=O) groups is 8. The van der Waals surface area contributed by atoms with E-state index in [9.17, 15) is 38.4 Å². The van der Waals surface area contributed by atoms with Gasteiger partial charge in [0.05, 0.1) is 25.4 Å². The van der Waals surface area contributed by atoms with E-state index in [4.69, 9.17) is 17.2 Å². The van der Waals surface area contributed by atoms with E-state index in [1.807, 2.05) is 41.5 Å². The van der Waals surface area contributed by atoms with Crippen molar-refractivity contribution in [2.75, 3.05) is 31.1 Å². The van der Waals surface area contributed by atoms with Crippen molar-refractivity contribution in [3.05, 3.63) is 35.9 Å². The van der Waals surface area contributed by atoms with Gasteiger partial charge in [-0.05, 0) is 12.0 Å². The summed E-state index contributed by atoms with van der Waals surface area (Å²) in [6, 6.07) is 6.81. The Bertz CT molecular complexity index is 1490. The van der Waals surface area contributed by atoms with Crippen LogP contribution in [-0.2, 0) is 44.8 Å². The van der Waals surface area contributed by atoms with Crippen LogP contribution in [0.2, 0.25) is 0 Å². The van der Waals surface area contributed by atoms with Gasteiger partial charge in [-0.2, -0.15) is 11.8 Å². The van der Waals surface area contributed by atoms with Gasteiger partial charge in [-0.25, -0.2) is 0 Å². The second-order valence-electron chi connectivity index (χ2n) is 14.0. The molecule has 0 heterocycles. The Balaban J connectivity index is 3.10. The van der Waals surface area contributed by atoms with Crippen LogP contribution >= 0.6 is 35.3 Å². The zero-order valence-electron chi connectivity index (χ0n) is 31.8. The van der Waals surface area contributed by atoms with Crippen LogP contribution in [0.4, 0.5) is 0 Å². The minimum atomic E-state index is -1.84. The summed E-state index contributed by atoms with van der Waals surface area (Å²) in [5.41, 5.74) is 17.1. The quantitative estimate of drug-likeness (QED) is 0.0626. The van der Waals surface area contributed by atoms with Gasteiger partial charge in [-0.1, -0.05) is 78.8 Å². The lowest BCUT2D eigenvalue weighted by Crippen LogP contribution is -2.62. The summed E-state index contributed by atoms with van der Waals surface area (Å²) in [4.78, 5) is 100. The summed E-state index contributed by atoms with van der Waals surface area (Å²) in [6.07, 6.45) is 0.0186. The van der Waals surface area contributed by atoms with Crippen molar-refractivity contribution in [2.24, 2.45) is 17.2 Å². The molecule has 302 valence electrons. The molecule has 0 spiro atoms. The van der Waals surface area contributed by atoms with E-state index >= 15 is 0 Å². The molecule has 4 atom stereocenters. The van der Waals surface area contributed by atoms with E-state index in [0.29, 0.717) is 0 Å². The fraction of sp³-hybridized carbons (Fsp3) is 0.588. The van der Waals surface area contributed by atoms with Crippen molar-refractivity contribution in [3.63, 3.8) is 0 Å². The predicted octanol–water partition coefficient (Wildman–Crippen LogP) is -1.18. The number of thioether (sulfide) groups is 3. The number of hydrogen-bond acceptors (Lipinski definition) is 12. The highest BCUT2D eigenvalue weighted by Crippen LogP contribution is 2.31. The van der Waals surface area contributed by atoms with Crippen molar-refractivity contribution in [1.29, 1.82) is 0 Å². The topological polar surface area (TPSA) is 287 Å². The average molecular weight is 814 g/mol. The van der Waals surface area contributed by atoms with Gasteiger partial charge in [-0.3, -0.25) is 38.4 Å². The highest BCUT2D eigenvalue weighted by Gasteiger charge is 2.42. The van der Waals surface area contributed by atoms with E-state index in [1.54, 1.807) is 37.3 Å². The van der Waals surface area contributed by atoms with Crippen LogP contribution in [0.15, 0.2) is 30.3 Å². The number of amides is 8. The molecule has 1 aromatic rings. The van der Waals surface area contributed by atoms with Crippen LogP contribution in [0.25, 0.3) is 0 Å². The van der Waals surface area contributed by atoms with Gasteiger partial charge in [0.25, 0.3) is 11.8 Å². The number of carbonyl (C=O) groups excluding carboxylic acids is 8. The molecule has 54 heavy (non-hydrogen) atoms. The van der Waals surface area contributed by atoms with Crippen LogP contribution in [0.3, 0.4) is 0 Å². The molecule has 20 heteroatoms. The van der Waals surface area contributed by atoms with Crippen molar-refractivity contribution in [3.8, 4) is 0 Å². The SMILES string of the molecule is CCC(NC(=O)CNC(=O)CNC(=O)C(CSC(C)(C)C)NC(=O)CN)(SCC(N)=O)C(=O)NC(SC(C)(C)C)C(=O)N[C@@H](Cc1ccccc1)C(N)=O. The first-order valence-electron chi connectivity index (χ1n) is 17.0. The highest BCUT2D eigenvalue weighted by atomic mass is 32.2. The highest BCUT2D eigenvalue weighted by molar-refractivity contribution is 8.02. The summed E-state index contributed by atoms with van der Waals surface area (Å²) in [6.45, 7) is 11.3. The van der Waals surface area contributed by atoms with Crippen molar-refractivity contribution >= 4 is 82.5 Å². The van der Waals surface area contributed by atoms with Gasteiger partial charge in [0.15, 0.2) is 10.2 Å². The molecular weight excluding hydrogens is 759 g/mol. The Labute approximate surface area is 329 Å². The Hall–Kier alpha value is -4.01. The van der Waals surface area contributed by atoms with Crippen LogP contribution in [0, 0.1) is 0 Å². The molecule has 0 saturated heterocycles. The summed E-state index contributed by atoms with van der Waals surface area (Å²) in [5, 5.41) is 13.8. The van der Waals surface area contributed by atoms with Crippen molar-refractivity contribution in [1.82, 2.24) is 31.9 Å². The molecule has 0 aliphatic rings. The Kier molecular flexibility index (Phi) is 19.9. The monoisotopic (exact) mass is 813 g/mol. The molecule has 0 radical (unpaired) electrons. The molecule has 3 unspecified atom stereocenters. The maximum absolute atomic E-state index is 14.0. The lowest BCUT2D eigenvalue weighted by Gasteiger charge is -2.34. The lowest BCUT2D eigenvalue weighted by atomic mass is 10.1. The van der Waals surface area contributed by atoms with E-state index in [0.717, 1.165) is 29.1 Å². The number of hydrogen-bond donors (Lipinski definition) is 9. The fourth-order valence-corrected chi connectivity index (χ4v) is 7.25. The summed E-state index contributed by atoms with van der Waals surface area (Å²) in [5.74, 6) is -6.09. The number of benzene rings is 1. The molecule has 1 rings (SSSR count). The number of primary amides is 2. The van der Waals surface area contributed by atoms with Gasteiger partial charge >= 0.3 is 0 Å². The third-order valence-corrected chi connectivity index (χ3v) is 11.1. The van der Waals surface area contributed by atoms with Crippen molar-refractivity contribution in [2.45, 2.75) is 93.1 Å². The molecular formula is C34H55N9O8S3. The second kappa shape index (κ2) is 22.4. The Morgan fingerprint density at radius 1 is 0.722 bits per heavy atom. The molecule has 0 fully saturated rings. The van der Waals surface area contributed by atoms with Gasteiger partial charge in [0.2, 0.25) is 35.4 Å². The Morgan fingerprint density at radius 3 is 1.85 bits per heavy atom. The normalized spacial score (nSPS) is 14.2. The average Bonchev–Trinajstić information content (AvgIpc) is 3.08. The first kappa shape index (κ1) is 48.0. The third kappa shape index (κ3) is 18.8. The number of rotatable bonds is 22.